The Bertz CT molecular complexity index is 1990. The molecule has 3 heterocycles. The number of sulfonamides is 1. The van der Waals surface area contributed by atoms with Crippen LogP contribution in [-0.2, 0) is 29.1 Å². The highest BCUT2D eigenvalue weighted by atomic mass is 32.2. The summed E-state index contributed by atoms with van der Waals surface area (Å²) in [7, 11) is -3.97. The van der Waals surface area contributed by atoms with Crippen molar-refractivity contribution >= 4 is 44.6 Å². The minimum atomic E-state index is -4.85. The van der Waals surface area contributed by atoms with Crippen LogP contribution in [0.5, 0.6) is 11.6 Å². The lowest BCUT2D eigenvalue weighted by Crippen LogP contribution is -2.59. The molecule has 2 saturated carbocycles. The lowest BCUT2D eigenvalue weighted by Gasteiger charge is -2.33. The summed E-state index contributed by atoms with van der Waals surface area (Å²) in [6.45, 7) is 6.53. The van der Waals surface area contributed by atoms with Gasteiger partial charge in [-0.3, -0.25) is 19.1 Å². The Balaban J connectivity index is 1.34. The molecule has 2 aliphatic carbocycles. The number of allylic oxidation sites excluding steroid dienone is 1. The van der Waals surface area contributed by atoms with Crippen molar-refractivity contribution in [3.05, 3.63) is 42.6 Å². The first-order valence-corrected chi connectivity index (χ1v) is 21.0. The molecular weight excluding hydrogens is 772 g/mol. The monoisotopic (exact) mass is 821 g/mol. The van der Waals surface area contributed by atoms with Crippen molar-refractivity contribution in [2.45, 2.75) is 120 Å². The smallest absolute Gasteiger partial charge is 0.425 e. The first-order chi connectivity index (χ1) is 26.9. The molecule has 6 rings (SSSR count). The number of alkyl halides is 3. The van der Waals surface area contributed by atoms with Gasteiger partial charge in [0.2, 0.25) is 27.7 Å². The lowest BCUT2D eigenvalue weighted by atomic mass is 9.88. The summed E-state index contributed by atoms with van der Waals surface area (Å²) in [5.41, 5.74) is -1.62. The van der Waals surface area contributed by atoms with Gasteiger partial charge in [-0.25, -0.2) is 18.2 Å². The van der Waals surface area contributed by atoms with Crippen molar-refractivity contribution in [2.24, 2.45) is 17.8 Å². The molecule has 4 aliphatic rings. The number of carbonyl (C=O) groups is 4. The SMILES string of the molecule is CCCOc1cnc(O[C@@H]2C[C@H]3C(=O)N[C@]4(C(=O)NS(=O)(=O)C5CC5)C[C@H]4/C=C\CC[C@H](C)C[C@@H](C)[C@H](NC(=O)O[C@H](C)C(F)(F)F)C(=O)N3C2)c2ccccc12. The Kier molecular flexibility index (Phi) is 12.3. The molecule has 1 aromatic heterocycles. The van der Waals surface area contributed by atoms with E-state index in [1.165, 1.54) is 11.1 Å². The van der Waals surface area contributed by atoms with Crippen LogP contribution in [0.3, 0.4) is 0 Å². The second-order valence-corrected chi connectivity index (χ2v) is 17.7. The van der Waals surface area contributed by atoms with Crippen LogP contribution >= 0.6 is 0 Å². The molecule has 312 valence electrons. The number of hydrogen-bond acceptors (Lipinski definition) is 10. The predicted molar refractivity (Wildman–Crippen MR) is 201 cm³/mol. The molecule has 0 spiro atoms. The number of fused-ring (bicyclic) bond motifs is 3. The number of amides is 4. The second-order valence-electron chi connectivity index (χ2n) is 15.8. The van der Waals surface area contributed by atoms with E-state index in [0.717, 1.165) is 11.8 Å². The topological polar surface area (TPSA) is 182 Å². The Morgan fingerprint density at radius 3 is 2.51 bits per heavy atom. The maximum atomic E-state index is 14.7. The van der Waals surface area contributed by atoms with E-state index >= 15 is 0 Å². The van der Waals surface area contributed by atoms with E-state index in [2.05, 4.69) is 25.1 Å². The van der Waals surface area contributed by atoms with E-state index in [-0.39, 0.29) is 31.2 Å². The number of carbonyl (C=O) groups excluding carboxylic acids is 4. The van der Waals surface area contributed by atoms with Crippen LogP contribution in [0.1, 0.15) is 79.1 Å². The molecule has 18 heteroatoms. The van der Waals surface area contributed by atoms with E-state index in [9.17, 15) is 40.8 Å². The van der Waals surface area contributed by atoms with Crippen LogP contribution in [0.4, 0.5) is 18.0 Å². The van der Waals surface area contributed by atoms with Gasteiger partial charge >= 0.3 is 12.3 Å². The van der Waals surface area contributed by atoms with Gasteiger partial charge in [0.05, 0.1) is 24.6 Å². The summed E-state index contributed by atoms with van der Waals surface area (Å²) in [5, 5.41) is 5.78. The van der Waals surface area contributed by atoms with Crippen LogP contribution in [0.2, 0.25) is 0 Å². The maximum Gasteiger partial charge on any atom is 0.425 e. The number of nitrogens with one attached hydrogen (secondary N) is 3. The first-order valence-electron chi connectivity index (χ1n) is 19.5. The van der Waals surface area contributed by atoms with Gasteiger partial charge in [-0.2, -0.15) is 13.2 Å². The minimum Gasteiger partial charge on any atom is -0.491 e. The van der Waals surface area contributed by atoms with Gasteiger partial charge in [0.15, 0.2) is 6.10 Å². The minimum absolute atomic E-state index is 0.0261. The van der Waals surface area contributed by atoms with Crippen LogP contribution in [0.25, 0.3) is 10.8 Å². The van der Waals surface area contributed by atoms with Crippen LogP contribution < -0.4 is 24.8 Å². The number of pyridine rings is 1. The number of alkyl carbamates (subject to hydrolysis) is 1. The molecule has 0 unspecified atom stereocenters. The van der Waals surface area contributed by atoms with Crippen LogP contribution in [-0.4, -0.2) is 96.5 Å². The molecule has 0 radical (unpaired) electrons. The van der Waals surface area contributed by atoms with Gasteiger partial charge in [-0.1, -0.05) is 51.1 Å². The molecule has 8 atom stereocenters. The largest absolute Gasteiger partial charge is 0.491 e. The van der Waals surface area contributed by atoms with Crippen molar-refractivity contribution < 1.29 is 55.0 Å². The Morgan fingerprint density at radius 2 is 1.82 bits per heavy atom. The Morgan fingerprint density at radius 1 is 1.11 bits per heavy atom. The van der Waals surface area contributed by atoms with Gasteiger partial charge in [-0.05, 0) is 69.8 Å². The van der Waals surface area contributed by atoms with Crippen molar-refractivity contribution in [2.75, 3.05) is 13.2 Å². The molecule has 4 amide bonds. The average Bonchev–Trinajstić information content (AvgIpc) is 4.08. The normalized spacial score (nSPS) is 29.4. The Hall–Kier alpha value is -4.61. The van der Waals surface area contributed by atoms with Crippen molar-refractivity contribution in [3.63, 3.8) is 0 Å². The predicted octanol–water partition coefficient (Wildman–Crippen LogP) is 4.91. The number of ether oxygens (including phenoxy) is 3. The fourth-order valence-corrected chi connectivity index (χ4v) is 8.97. The zero-order chi connectivity index (χ0) is 41.3. The van der Waals surface area contributed by atoms with Crippen LogP contribution in [0, 0.1) is 17.8 Å². The van der Waals surface area contributed by atoms with Gasteiger partial charge in [0.1, 0.15) is 29.5 Å². The van der Waals surface area contributed by atoms with E-state index in [4.69, 9.17) is 9.47 Å². The molecule has 2 aliphatic heterocycles. The molecule has 57 heavy (non-hydrogen) atoms. The van der Waals surface area contributed by atoms with Crippen molar-refractivity contribution in [1.82, 2.24) is 25.2 Å². The fraction of sp³-hybridized carbons (Fsp3) is 0.615. The van der Waals surface area contributed by atoms with Gasteiger partial charge in [-0.15, -0.1) is 0 Å². The molecule has 0 bridgehead atoms. The zero-order valence-corrected chi connectivity index (χ0v) is 33.2. The molecule has 1 saturated heterocycles. The number of nitrogens with zero attached hydrogens (tertiary/aromatic N) is 2. The maximum absolute atomic E-state index is 14.7. The Labute approximate surface area is 329 Å². The third-order valence-corrected chi connectivity index (χ3v) is 12.9. The van der Waals surface area contributed by atoms with Gasteiger partial charge in [0, 0.05) is 23.1 Å². The summed E-state index contributed by atoms with van der Waals surface area (Å²) >= 11 is 0. The molecule has 3 N–H and O–H groups in total. The molecular formula is C39H50F3N5O9S. The van der Waals surface area contributed by atoms with E-state index in [1.807, 2.05) is 32.1 Å². The average molecular weight is 822 g/mol. The van der Waals surface area contributed by atoms with E-state index in [0.29, 0.717) is 56.8 Å². The standard InChI is InChI=1S/C39H50F3N5O9S/c1-5-16-54-31-20-43-34(29-13-9-8-12-28(29)31)56-26-18-30-33(48)45-38(36(50)46-57(52,53)27-14-15-27)19-25(38)11-7-6-10-22(2)17-23(3)32(35(49)47(30)21-26)44-37(51)55-24(4)39(40,41)42/h7-9,11-13,20,22-27,30,32H,5-6,10,14-19,21H2,1-4H3,(H,44,51)(H,45,48)(H,46,50)/b11-7-/t22-,23+,24+,25+,26+,30-,32-,38+/m0/s1. The number of halogens is 3. The van der Waals surface area contributed by atoms with Crippen molar-refractivity contribution in [3.8, 4) is 11.6 Å². The number of rotatable bonds is 10. The quantitative estimate of drug-likeness (QED) is 0.279. The summed E-state index contributed by atoms with van der Waals surface area (Å²) in [5.74, 6) is -2.86. The summed E-state index contributed by atoms with van der Waals surface area (Å²) in [4.78, 5) is 61.5. The molecule has 14 nitrogen and oxygen atoms in total. The molecule has 2 aromatic rings. The first kappa shape index (κ1) is 42.0. The summed E-state index contributed by atoms with van der Waals surface area (Å²) in [6.07, 6.45) is -1.29. The summed E-state index contributed by atoms with van der Waals surface area (Å²) < 4.78 is 84.8. The number of aromatic nitrogens is 1. The van der Waals surface area contributed by atoms with Gasteiger partial charge in [0.25, 0.3) is 5.91 Å². The highest BCUT2D eigenvalue weighted by Gasteiger charge is 2.62. The summed E-state index contributed by atoms with van der Waals surface area (Å²) in [6, 6.07) is 4.53. The highest BCUT2D eigenvalue weighted by Crippen LogP contribution is 2.46. The van der Waals surface area contributed by atoms with E-state index < -0.39 is 86.9 Å². The van der Waals surface area contributed by atoms with Crippen LogP contribution in [0.15, 0.2) is 42.6 Å². The highest BCUT2D eigenvalue weighted by molar-refractivity contribution is 7.91. The fourth-order valence-electron chi connectivity index (χ4n) is 7.61. The molecule has 3 fully saturated rings. The van der Waals surface area contributed by atoms with Crippen molar-refractivity contribution in [1.29, 1.82) is 0 Å². The molecule has 1 aromatic carbocycles. The van der Waals surface area contributed by atoms with Gasteiger partial charge < -0.3 is 29.7 Å². The van der Waals surface area contributed by atoms with E-state index in [1.54, 1.807) is 25.1 Å². The third kappa shape index (κ3) is 9.58. The second kappa shape index (κ2) is 16.7. The third-order valence-electron chi connectivity index (χ3n) is 11.1. The number of benzene rings is 1. The lowest BCUT2D eigenvalue weighted by molar-refractivity contribution is -0.197. The number of hydrogen-bond donors (Lipinski definition) is 3. The zero-order valence-electron chi connectivity index (χ0n) is 32.3.